The molecule has 0 aromatic heterocycles. The van der Waals surface area contributed by atoms with Crippen LogP contribution in [0.25, 0.3) is 0 Å². The molecule has 1 atom stereocenters. The Labute approximate surface area is 235 Å². The molecule has 0 radical (unpaired) electrons. The zero-order valence-electron chi connectivity index (χ0n) is 22.6. The molecule has 0 spiro atoms. The van der Waals surface area contributed by atoms with Crippen LogP contribution in [0.3, 0.4) is 0 Å². The van der Waals surface area contributed by atoms with E-state index in [1.807, 2.05) is 25.1 Å². The summed E-state index contributed by atoms with van der Waals surface area (Å²) in [5.41, 5.74) is 2.62. The number of carbonyl (C=O) groups is 6. The fourth-order valence-corrected chi connectivity index (χ4v) is 4.11. The van der Waals surface area contributed by atoms with E-state index in [-0.39, 0.29) is 16.7 Å². The van der Waals surface area contributed by atoms with Gasteiger partial charge in [-0.2, -0.15) is 0 Å². The van der Waals surface area contributed by atoms with Gasteiger partial charge in [0.1, 0.15) is 6.04 Å². The second-order valence-corrected chi connectivity index (χ2v) is 9.33. The first-order chi connectivity index (χ1) is 19.6. The standard InChI is InChI=1S/C30H27N3O8/c1-17-8-4-6-10-23(17)31-25(34)15-40-29(38)19(3)33-27(36)21-13-12-20(14-22(21)28(33)37)30(39)41-16-26(35)32-24-11-7-5-9-18(24)2/h4-14,19H,15-16H2,1-3H3,(H,31,34)(H,32,35). The molecule has 0 fully saturated rings. The number of esters is 2. The SMILES string of the molecule is Cc1ccccc1NC(=O)COC(=O)c1ccc2c(c1)C(=O)N(C(C)C(=O)OCC(=O)Nc1ccccc1C)C2=O. The van der Waals surface area contributed by atoms with Crippen molar-refractivity contribution in [3.63, 3.8) is 0 Å². The fraction of sp³-hybridized carbons (Fsp3) is 0.200. The molecule has 210 valence electrons. The van der Waals surface area contributed by atoms with E-state index in [0.717, 1.165) is 11.1 Å². The summed E-state index contributed by atoms with van der Waals surface area (Å²) in [7, 11) is 0. The van der Waals surface area contributed by atoms with Crippen LogP contribution < -0.4 is 10.6 Å². The van der Waals surface area contributed by atoms with Gasteiger partial charge in [0.05, 0.1) is 16.7 Å². The van der Waals surface area contributed by atoms with Crippen molar-refractivity contribution in [2.75, 3.05) is 23.8 Å². The summed E-state index contributed by atoms with van der Waals surface area (Å²) in [4.78, 5) is 76.3. The molecule has 0 saturated heterocycles. The second kappa shape index (κ2) is 12.2. The van der Waals surface area contributed by atoms with E-state index in [4.69, 9.17) is 9.47 Å². The highest BCUT2D eigenvalue weighted by Crippen LogP contribution is 2.26. The molecule has 0 bridgehead atoms. The summed E-state index contributed by atoms with van der Waals surface area (Å²) in [6.07, 6.45) is 0. The van der Waals surface area contributed by atoms with Crippen molar-refractivity contribution in [3.05, 3.63) is 94.5 Å². The van der Waals surface area contributed by atoms with E-state index in [2.05, 4.69) is 10.6 Å². The van der Waals surface area contributed by atoms with Gasteiger partial charge in [-0.25, -0.2) is 9.59 Å². The van der Waals surface area contributed by atoms with E-state index in [9.17, 15) is 28.8 Å². The Morgan fingerprint density at radius 3 is 1.80 bits per heavy atom. The van der Waals surface area contributed by atoms with Crippen LogP contribution in [-0.2, 0) is 23.9 Å². The van der Waals surface area contributed by atoms with Crippen LogP contribution in [0, 0.1) is 13.8 Å². The van der Waals surface area contributed by atoms with Crippen LogP contribution in [0.5, 0.6) is 0 Å². The number of anilines is 2. The Kier molecular flexibility index (Phi) is 8.57. The molecule has 1 aliphatic heterocycles. The Balaban J connectivity index is 1.34. The molecule has 3 aromatic rings. The number of aryl methyl sites for hydroxylation is 2. The van der Waals surface area contributed by atoms with Crippen molar-refractivity contribution in [2.24, 2.45) is 0 Å². The molecule has 1 aliphatic rings. The molecule has 4 amide bonds. The Morgan fingerprint density at radius 1 is 0.732 bits per heavy atom. The average molecular weight is 558 g/mol. The number of benzene rings is 3. The maximum Gasteiger partial charge on any atom is 0.338 e. The van der Waals surface area contributed by atoms with Crippen molar-refractivity contribution in [1.29, 1.82) is 0 Å². The lowest BCUT2D eigenvalue weighted by Crippen LogP contribution is -2.44. The van der Waals surface area contributed by atoms with E-state index in [0.29, 0.717) is 16.3 Å². The van der Waals surface area contributed by atoms with Crippen LogP contribution in [0.15, 0.2) is 66.7 Å². The van der Waals surface area contributed by atoms with E-state index < -0.39 is 54.8 Å². The maximum absolute atomic E-state index is 13.0. The van der Waals surface area contributed by atoms with Gasteiger partial charge < -0.3 is 20.1 Å². The van der Waals surface area contributed by atoms with Crippen LogP contribution >= 0.6 is 0 Å². The third-order valence-electron chi connectivity index (χ3n) is 6.40. The molecule has 4 rings (SSSR count). The minimum atomic E-state index is -1.34. The summed E-state index contributed by atoms with van der Waals surface area (Å²) in [5, 5.41) is 5.26. The molecule has 0 aliphatic carbocycles. The van der Waals surface area contributed by atoms with Crippen molar-refractivity contribution in [1.82, 2.24) is 4.90 Å². The smallest absolute Gasteiger partial charge is 0.338 e. The minimum absolute atomic E-state index is 0.0132. The summed E-state index contributed by atoms with van der Waals surface area (Å²) in [6.45, 7) is 3.74. The molecule has 0 saturated carbocycles. The number of carbonyl (C=O) groups excluding carboxylic acids is 6. The highest BCUT2D eigenvalue weighted by molar-refractivity contribution is 6.23. The van der Waals surface area contributed by atoms with Gasteiger partial charge in [-0.1, -0.05) is 36.4 Å². The van der Waals surface area contributed by atoms with Gasteiger partial charge in [-0.05, 0) is 62.2 Å². The zero-order chi connectivity index (χ0) is 29.7. The minimum Gasteiger partial charge on any atom is -0.454 e. The number of para-hydroxylation sites is 2. The third kappa shape index (κ3) is 6.47. The lowest BCUT2D eigenvalue weighted by molar-refractivity contribution is -0.150. The van der Waals surface area contributed by atoms with Crippen molar-refractivity contribution >= 4 is 46.9 Å². The molecule has 1 unspecified atom stereocenters. The Morgan fingerprint density at radius 2 is 1.24 bits per heavy atom. The summed E-state index contributed by atoms with van der Waals surface area (Å²) < 4.78 is 10.1. The van der Waals surface area contributed by atoms with E-state index in [1.165, 1.54) is 25.1 Å². The molecule has 11 nitrogen and oxygen atoms in total. The lowest BCUT2D eigenvalue weighted by atomic mass is 10.1. The highest BCUT2D eigenvalue weighted by atomic mass is 16.5. The molecular formula is C30H27N3O8. The van der Waals surface area contributed by atoms with Gasteiger partial charge in [-0.3, -0.25) is 24.1 Å². The summed E-state index contributed by atoms with van der Waals surface area (Å²) >= 11 is 0. The van der Waals surface area contributed by atoms with Gasteiger partial charge in [0.2, 0.25) is 0 Å². The van der Waals surface area contributed by atoms with Crippen LogP contribution in [0.1, 0.15) is 49.1 Å². The first-order valence-corrected chi connectivity index (χ1v) is 12.6. The lowest BCUT2D eigenvalue weighted by Gasteiger charge is -2.20. The van der Waals surface area contributed by atoms with Gasteiger partial charge >= 0.3 is 11.9 Å². The summed E-state index contributed by atoms with van der Waals surface area (Å²) in [6, 6.07) is 16.6. The number of nitrogens with one attached hydrogen (secondary N) is 2. The fourth-order valence-electron chi connectivity index (χ4n) is 4.11. The van der Waals surface area contributed by atoms with Gasteiger partial charge in [0, 0.05) is 11.4 Å². The highest BCUT2D eigenvalue weighted by Gasteiger charge is 2.42. The third-order valence-corrected chi connectivity index (χ3v) is 6.40. The largest absolute Gasteiger partial charge is 0.454 e. The van der Waals surface area contributed by atoms with Crippen molar-refractivity contribution < 1.29 is 38.2 Å². The zero-order valence-corrected chi connectivity index (χ0v) is 22.6. The number of fused-ring (bicyclic) bond motifs is 1. The second-order valence-electron chi connectivity index (χ2n) is 9.33. The van der Waals surface area contributed by atoms with Gasteiger partial charge in [-0.15, -0.1) is 0 Å². The number of hydrogen-bond acceptors (Lipinski definition) is 8. The maximum atomic E-state index is 13.0. The number of hydrogen-bond donors (Lipinski definition) is 2. The van der Waals surface area contributed by atoms with Gasteiger partial charge in [0.15, 0.2) is 13.2 Å². The first kappa shape index (κ1) is 28.7. The monoisotopic (exact) mass is 557 g/mol. The van der Waals surface area contributed by atoms with Crippen LogP contribution in [-0.4, -0.2) is 59.7 Å². The Bertz CT molecular complexity index is 1560. The van der Waals surface area contributed by atoms with E-state index in [1.54, 1.807) is 37.3 Å². The molecule has 2 N–H and O–H groups in total. The average Bonchev–Trinajstić information content (AvgIpc) is 3.21. The van der Waals surface area contributed by atoms with E-state index >= 15 is 0 Å². The van der Waals surface area contributed by atoms with Crippen molar-refractivity contribution in [2.45, 2.75) is 26.8 Å². The van der Waals surface area contributed by atoms with Crippen LogP contribution in [0.4, 0.5) is 11.4 Å². The molecule has 11 heteroatoms. The topological polar surface area (TPSA) is 148 Å². The molecule has 1 heterocycles. The number of nitrogens with zero attached hydrogens (tertiary/aromatic N) is 1. The molecular weight excluding hydrogens is 530 g/mol. The van der Waals surface area contributed by atoms with Gasteiger partial charge in [0.25, 0.3) is 23.6 Å². The number of rotatable bonds is 9. The summed E-state index contributed by atoms with van der Waals surface area (Å²) in [5.74, 6) is -4.54. The predicted molar refractivity (Wildman–Crippen MR) is 147 cm³/mol. The molecule has 41 heavy (non-hydrogen) atoms. The number of imide groups is 1. The first-order valence-electron chi connectivity index (χ1n) is 12.6. The number of amides is 4. The quantitative estimate of drug-likeness (QED) is 0.301. The normalized spacial score (nSPS) is 12.8. The molecule has 3 aromatic carbocycles. The van der Waals surface area contributed by atoms with Crippen molar-refractivity contribution in [3.8, 4) is 0 Å². The van der Waals surface area contributed by atoms with Crippen LogP contribution in [0.2, 0.25) is 0 Å². The number of ether oxygens (including phenoxy) is 2. The Hall–Kier alpha value is -5.32. The predicted octanol–water partition coefficient (Wildman–Crippen LogP) is 3.27.